The van der Waals surface area contributed by atoms with Gasteiger partial charge in [0.1, 0.15) is 6.04 Å². The Morgan fingerprint density at radius 3 is 2.06 bits per heavy atom. The van der Waals surface area contributed by atoms with Crippen molar-refractivity contribution in [2.75, 3.05) is 36.8 Å². The number of benzene rings is 2. The van der Waals surface area contributed by atoms with E-state index in [-0.39, 0.29) is 24.3 Å². The summed E-state index contributed by atoms with van der Waals surface area (Å²) in [6.45, 7) is 5.61. The zero-order chi connectivity index (χ0) is 22.2. The Bertz CT molecular complexity index is 893. The van der Waals surface area contributed by atoms with Crippen LogP contribution in [0.2, 0.25) is 0 Å². The van der Waals surface area contributed by atoms with Gasteiger partial charge in [-0.1, -0.05) is 37.3 Å². The number of likely N-dealkylation sites (N-methyl/N-ethyl adjacent to an activating group) is 1. The molecular weight excluding hydrogens is 392 g/mol. The Hall–Kier alpha value is -3.19. The van der Waals surface area contributed by atoms with Crippen LogP contribution in [0.4, 0.5) is 11.4 Å². The molecular formula is C24H30N4O3. The Labute approximate surface area is 183 Å². The van der Waals surface area contributed by atoms with Crippen LogP contribution in [-0.2, 0) is 14.4 Å². The average Bonchev–Trinajstić information content (AvgIpc) is 3.30. The van der Waals surface area contributed by atoms with E-state index in [0.717, 1.165) is 31.5 Å². The minimum atomic E-state index is -0.489. The van der Waals surface area contributed by atoms with E-state index in [0.29, 0.717) is 17.9 Å². The summed E-state index contributed by atoms with van der Waals surface area (Å²) in [5.74, 6) is -0.285. The van der Waals surface area contributed by atoms with Crippen molar-refractivity contribution in [1.82, 2.24) is 9.80 Å². The lowest BCUT2D eigenvalue weighted by Crippen LogP contribution is -2.44. The zero-order valence-corrected chi connectivity index (χ0v) is 18.1. The van der Waals surface area contributed by atoms with Crippen LogP contribution in [0, 0.1) is 0 Å². The first-order chi connectivity index (χ1) is 15.0. The lowest BCUT2D eigenvalue weighted by atomic mass is 10.0. The number of rotatable bonds is 8. The average molecular weight is 423 g/mol. The highest BCUT2D eigenvalue weighted by atomic mass is 16.2. The second kappa shape index (κ2) is 10.7. The molecule has 0 bridgehead atoms. The first kappa shape index (κ1) is 22.5. The number of anilines is 2. The molecule has 0 saturated carbocycles. The molecule has 0 aromatic heterocycles. The highest BCUT2D eigenvalue weighted by Crippen LogP contribution is 2.25. The summed E-state index contributed by atoms with van der Waals surface area (Å²) >= 11 is 0. The van der Waals surface area contributed by atoms with Crippen LogP contribution < -0.4 is 10.6 Å². The van der Waals surface area contributed by atoms with Gasteiger partial charge in [-0.3, -0.25) is 19.3 Å². The van der Waals surface area contributed by atoms with Crippen LogP contribution in [-0.4, -0.2) is 53.7 Å². The Balaban J connectivity index is 1.71. The number of hydrogen-bond donors (Lipinski definition) is 2. The fourth-order valence-electron chi connectivity index (χ4n) is 3.87. The summed E-state index contributed by atoms with van der Waals surface area (Å²) in [6, 6.07) is 16.1. The lowest BCUT2D eigenvalue weighted by Gasteiger charge is -2.32. The van der Waals surface area contributed by atoms with Crippen LogP contribution in [0.25, 0.3) is 0 Å². The minimum Gasteiger partial charge on any atom is -0.341 e. The molecule has 1 saturated heterocycles. The standard InChI is InChI=1S/C24H30N4O3/c1-3-27(17-22(30)26-21-13-11-20(12-14-21)25-18(2)29)23(19-9-5-4-6-10-19)24(31)28-15-7-8-16-28/h4-6,9-14,23H,3,7-8,15-17H2,1-2H3,(H,25,29)(H,26,30)/t23-/m1/s1. The molecule has 3 amide bonds. The summed E-state index contributed by atoms with van der Waals surface area (Å²) in [7, 11) is 0. The molecule has 0 spiro atoms. The largest absolute Gasteiger partial charge is 0.341 e. The third kappa shape index (κ3) is 6.15. The Morgan fingerprint density at radius 1 is 0.935 bits per heavy atom. The number of nitrogens with zero attached hydrogens (tertiary/aromatic N) is 2. The summed E-state index contributed by atoms with van der Waals surface area (Å²) in [5.41, 5.74) is 2.20. The Kier molecular flexibility index (Phi) is 7.78. The van der Waals surface area contributed by atoms with Gasteiger partial charge >= 0.3 is 0 Å². The first-order valence-electron chi connectivity index (χ1n) is 10.7. The second-order valence-corrected chi connectivity index (χ2v) is 7.72. The molecule has 0 radical (unpaired) electrons. The SMILES string of the molecule is CCN(CC(=O)Nc1ccc(NC(C)=O)cc1)[C@@H](C(=O)N1CCCC1)c1ccccc1. The van der Waals surface area contributed by atoms with Gasteiger partial charge in [0.2, 0.25) is 17.7 Å². The van der Waals surface area contributed by atoms with Crippen molar-refractivity contribution in [1.29, 1.82) is 0 Å². The molecule has 1 fully saturated rings. The van der Waals surface area contributed by atoms with Crippen molar-refractivity contribution < 1.29 is 14.4 Å². The molecule has 31 heavy (non-hydrogen) atoms. The third-order valence-electron chi connectivity index (χ3n) is 5.37. The zero-order valence-electron chi connectivity index (χ0n) is 18.1. The highest BCUT2D eigenvalue weighted by Gasteiger charge is 2.32. The smallest absolute Gasteiger partial charge is 0.244 e. The summed E-state index contributed by atoms with van der Waals surface area (Å²) < 4.78 is 0. The molecule has 0 unspecified atom stereocenters. The molecule has 7 nitrogen and oxygen atoms in total. The van der Waals surface area contributed by atoms with Gasteiger partial charge in [-0.05, 0) is 49.2 Å². The quantitative estimate of drug-likeness (QED) is 0.684. The minimum absolute atomic E-state index is 0.0537. The van der Waals surface area contributed by atoms with Gasteiger partial charge in [-0.25, -0.2) is 0 Å². The number of carbonyl (C=O) groups excluding carboxylic acids is 3. The van der Waals surface area contributed by atoms with Gasteiger partial charge in [0.05, 0.1) is 6.54 Å². The maximum absolute atomic E-state index is 13.3. The number of amides is 3. The highest BCUT2D eigenvalue weighted by molar-refractivity contribution is 5.94. The molecule has 1 atom stereocenters. The maximum atomic E-state index is 13.3. The first-order valence-corrected chi connectivity index (χ1v) is 10.7. The van der Waals surface area contributed by atoms with E-state index in [4.69, 9.17) is 0 Å². The summed E-state index contributed by atoms with van der Waals surface area (Å²) in [4.78, 5) is 41.1. The molecule has 7 heteroatoms. The summed E-state index contributed by atoms with van der Waals surface area (Å²) in [5, 5.41) is 5.58. The molecule has 2 aromatic rings. The van der Waals surface area contributed by atoms with Gasteiger partial charge < -0.3 is 15.5 Å². The Morgan fingerprint density at radius 2 is 1.52 bits per heavy atom. The summed E-state index contributed by atoms with van der Waals surface area (Å²) in [6.07, 6.45) is 2.04. The molecule has 2 N–H and O–H groups in total. The van der Waals surface area contributed by atoms with Crippen molar-refractivity contribution in [2.45, 2.75) is 32.7 Å². The van der Waals surface area contributed by atoms with Crippen LogP contribution >= 0.6 is 0 Å². The lowest BCUT2D eigenvalue weighted by molar-refractivity contribution is -0.136. The van der Waals surface area contributed by atoms with Gasteiger partial charge in [0.25, 0.3) is 0 Å². The fourth-order valence-corrected chi connectivity index (χ4v) is 3.87. The van der Waals surface area contributed by atoms with E-state index in [9.17, 15) is 14.4 Å². The van der Waals surface area contributed by atoms with Crippen molar-refractivity contribution in [3.8, 4) is 0 Å². The van der Waals surface area contributed by atoms with Gasteiger partial charge in [-0.15, -0.1) is 0 Å². The fraction of sp³-hybridized carbons (Fsp3) is 0.375. The van der Waals surface area contributed by atoms with Crippen molar-refractivity contribution in [2.24, 2.45) is 0 Å². The van der Waals surface area contributed by atoms with Crippen molar-refractivity contribution in [3.05, 3.63) is 60.2 Å². The molecule has 164 valence electrons. The van der Waals surface area contributed by atoms with Crippen LogP contribution in [0.5, 0.6) is 0 Å². The predicted molar refractivity (Wildman–Crippen MR) is 122 cm³/mol. The van der Waals surface area contributed by atoms with Crippen LogP contribution in [0.1, 0.15) is 38.3 Å². The van der Waals surface area contributed by atoms with E-state index in [2.05, 4.69) is 10.6 Å². The van der Waals surface area contributed by atoms with Gasteiger partial charge in [-0.2, -0.15) is 0 Å². The molecule has 1 aliphatic heterocycles. The van der Waals surface area contributed by atoms with E-state index in [1.807, 2.05) is 47.1 Å². The maximum Gasteiger partial charge on any atom is 0.244 e. The van der Waals surface area contributed by atoms with E-state index in [1.54, 1.807) is 24.3 Å². The van der Waals surface area contributed by atoms with Gasteiger partial charge in [0, 0.05) is 31.4 Å². The number of nitrogens with one attached hydrogen (secondary N) is 2. The molecule has 1 heterocycles. The van der Waals surface area contributed by atoms with Crippen molar-refractivity contribution in [3.63, 3.8) is 0 Å². The third-order valence-corrected chi connectivity index (χ3v) is 5.37. The van der Waals surface area contributed by atoms with Crippen LogP contribution in [0.3, 0.4) is 0 Å². The normalized spacial score (nSPS) is 14.4. The number of carbonyl (C=O) groups is 3. The van der Waals surface area contributed by atoms with E-state index in [1.165, 1.54) is 6.92 Å². The van der Waals surface area contributed by atoms with Crippen molar-refractivity contribution >= 4 is 29.1 Å². The predicted octanol–water partition coefficient (Wildman–Crippen LogP) is 3.27. The van der Waals surface area contributed by atoms with E-state index >= 15 is 0 Å². The number of hydrogen-bond acceptors (Lipinski definition) is 4. The molecule has 1 aliphatic rings. The second-order valence-electron chi connectivity index (χ2n) is 7.72. The molecule has 2 aromatic carbocycles. The van der Waals surface area contributed by atoms with E-state index < -0.39 is 6.04 Å². The molecule has 3 rings (SSSR count). The molecule has 0 aliphatic carbocycles. The number of likely N-dealkylation sites (tertiary alicyclic amines) is 1. The topological polar surface area (TPSA) is 81.8 Å². The monoisotopic (exact) mass is 422 g/mol. The van der Waals surface area contributed by atoms with Crippen LogP contribution in [0.15, 0.2) is 54.6 Å². The van der Waals surface area contributed by atoms with Gasteiger partial charge in [0.15, 0.2) is 0 Å².